The highest BCUT2D eigenvalue weighted by atomic mass is 16.5. The van der Waals surface area contributed by atoms with Crippen LogP contribution in [0.5, 0.6) is 0 Å². The van der Waals surface area contributed by atoms with Crippen molar-refractivity contribution in [2.45, 2.75) is 26.3 Å². The van der Waals surface area contributed by atoms with Gasteiger partial charge in [-0.25, -0.2) is 0 Å². The van der Waals surface area contributed by atoms with E-state index in [0.29, 0.717) is 6.04 Å². The van der Waals surface area contributed by atoms with Gasteiger partial charge in [-0.1, -0.05) is 0 Å². The van der Waals surface area contributed by atoms with Gasteiger partial charge in [0.25, 0.3) is 0 Å². The summed E-state index contributed by atoms with van der Waals surface area (Å²) in [6.07, 6.45) is 1.06. The van der Waals surface area contributed by atoms with E-state index >= 15 is 0 Å². The monoisotopic (exact) mass is 175 g/mol. The van der Waals surface area contributed by atoms with Crippen LogP contribution in [-0.4, -0.2) is 39.5 Å². The Kier molecular flexibility index (Phi) is 8.88. The molecule has 1 atom stereocenters. The van der Waals surface area contributed by atoms with Crippen LogP contribution in [0.1, 0.15) is 20.3 Å². The molecule has 3 heteroatoms. The summed E-state index contributed by atoms with van der Waals surface area (Å²) in [5.74, 6) is 0. The van der Waals surface area contributed by atoms with Crippen molar-refractivity contribution in [3.8, 4) is 0 Å². The molecule has 1 N–H and O–H groups in total. The van der Waals surface area contributed by atoms with E-state index < -0.39 is 0 Å². The molecular weight excluding hydrogens is 154 g/mol. The van der Waals surface area contributed by atoms with E-state index in [1.807, 2.05) is 6.92 Å². The quantitative estimate of drug-likeness (QED) is 0.559. The largest absolute Gasteiger partial charge is 0.385 e. The fourth-order valence-electron chi connectivity index (χ4n) is 0.919. The topological polar surface area (TPSA) is 30.5 Å². The number of nitrogens with one attached hydrogen (secondary N) is 1. The lowest BCUT2D eigenvalue weighted by Crippen LogP contribution is -2.31. The summed E-state index contributed by atoms with van der Waals surface area (Å²) in [4.78, 5) is 0. The zero-order chi connectivity index (χ0) is 9.23. The summed E-state index contributed by atoms with van der Waals surface area (Å²) in [6.45, 7) is 7.56. The number of hydrogen-bond acceptors (Lipinski definition) is 3. The van der Waals surface area contributed by atoms with E-state index in [0.717, 1.165) is 32.8 Å². The molecule has 0 aliphatic rings. The molecule has 0 aromatic heterocycles. The van der Waals surface area contributed by atoms with Crippen LogP contribution in [0.2, 0.25) is 0 Å². The van der Waals surface area contributed by atoms with Gasteiger partial charge < -0.3 is 14.8 Å². The van der Waals surface area contributed by atoms with Crippen molar-refractivity contribution in [2.24, 2.45) is 0 Å². The number of ether oxygens (including phenoxy) is 2. The van der Waals surface area contributed by atoms with Crippen LogP contribution in [0, 0.1) is 0 Å². The first-order valence-electron chi connectivity index (χ1n) is 4.61. The van der Waals surface area contributed by atoms with E-state index in [-0.39, 0.29) is 0 Å². The molecular formula is C9H21NO2. The Morgan fingerprint density at radius 3 is 2.75 bits per heavy atom. The molecule has 0 aliphatic carbocycles. The standard InChI is InChI=1S/C9H21NO2/c1-4-12-8-9(2)10-6-5-7-11-3/h9-10H,4-8H2,1-3H3. The number of hydrogen-bond donors (Lipinski definition) is 1. The van der Waals surface area contributed by atoms with Crippen molar-refractivity contribution >= 4 is 0 Å². The van der Waals surface area contributed by atoms with Crippen LogP contribution in [0.15, 0.2) is 0 Å². The summed E-state index contributed by atoms with van der Waals surface area (Å²) in [5, 5.41) is 3.35. The Morgan fingerprint density at radius 2 is 2.17 bits per heavy atom. The molecule has 1 unspecified atom stereocenters. The second-order valence-corrected chi connectivity index (χ2v) is 2.86. The molecule has 0 aromatic rings. The first-order chi connectivity index (χ1) is 5.81. The van der Waals surface area contributed by atoms with Crippen molar-refractivity contribution in [2.75, 3.05) is 33.5 Å². The Bertz CT molecular complexity index is 88.6. The van der Waals surface area contributed by atoms with E-state index in [2.05, 4.69) is 12.2 Å². The minimum atomic E-state index is 0.446. The molecule has 0 amide bonds. The third kappa shape index (κ3) is 7.98. The van der Waals surface area contributed by atoms with Crippen LogP contribution >= 0.6 is 0 Å². The van der Waals surface area contributed by atoms with Crippen molar-refractivity contribution in [1.82, 2.24) is 5.32 Å². The lowest BCUT2D eigenvalue weighted by Gasteiger charge is -2.12. The minimum absolute atomic E-state index is 0.446. The number of methoxy groups -OCH3 is 1. The minimum Gasteiger partial charge on any atom is -0.385 e. The highest BCUT2D eigenvalue weighted by molar-refractivity contribution is 4.58. The Balaban J connectivity index is 3.02. The van der Waals surface area contributed by atoms with E-state index in [4.69, 9.17) is 9.47 Å². The SMILES string of the molecule is CCOCC(C)NCCCOC. The average Bonchev–Trinajstić information content (AvgIpc) is 2.09. The Morgan fingerprint density at radius 1 is 1.42 bits per heavy atom. The normalized spacial score (nSPS) is 13.2. The maximum absolute atomic E-state index is 5.26. The summed E-state index contributed by atoms with van der Waals surface area (Å²) in [7, 11) is 1.73. The molecule has 0 saturated carbocycles. The maximum atomic E-state index is 5.26. The maximum Gasteiger partial charge on any atom is 0.0616 e. The Hall–Kier alpha value is -0.120. The van der Waals surface area contributed by atoms with Crippen LogP contribution in [0.3, 0.4) is 0 Å². The highest BCUT2D eigenvalue weighted by Gasteiger charge is 1.98. The van der Waals surface area contributed by atoms with Gasteiger partial charge >= 0.3 is 0 Å². The molecule has 0 bridgehead atoms. The van der Waals surface area contributed by atoms with Gasteiger partial charge in [0.2, 0.25) is 0 Å². The van der Waals surface area contributed by atoms with Gasteiger partial charge in [0.15, 0.2) is 0 Å². The summed E-state index contributed by atoms with van der Waals surface area (Å²) in [5.41, 5.74) is 0. The summed E-state index contributed by atoms with van der Waals surface area (Å²) in [6, 6.07) is 0.446. The van der Waals surface area contributed by atoms with Gasteiger partial charge in [0.1, 0.15) is 0 Å². The molecule has 0 radical (unpaired) electrons. The molecule has 0 aromatic carbocycles. The highest BCUT2D eigenvalue weighted by Crippen LogP contribution is 1.85. The molecule has 3 nitrogen and oxygen atoms in total. The molecule has 0 saturated heterocycles. The van der Waals surface area contributed by atoms with Gasteiger partial charge in [-0.2, -0.15) is 0 Å². The lowest BCUT2D eigenvalue weighted by atomic mass is 10.3. The van der Waals surface area contributed by atoms with Crippen molar-refractivity contribution < 1.29 is 9.47 Å². The summed E-state index contributed by atoms with van der Waals surface area (Å²) >= 11 is 0. The molecule has 0 spiro atoms. The third-order valence-corrected chi connectivity index (χ3v) is 1.59. The van der Waals surface area contributed by atoms with E-state index in [1.165, 1.54) is 0 Å². The smallest absolute Gasteiger partial charge is 0.0616 e. The lowest BCUT2D eigenvalue weighted by molar-refractivity contribution is 0.125. The van der Waals surface area contributed by atoms with E-state index in [9.17, 15) is 0 Å². The predicted octanol–water partition coefficient (Wildman–Crippen LogP) is 1.04. The van der Waals surface area contributed by atoms with Crippen molar-refractivity contribution in [3.63, 3.8) is 0 Å². The van der Waals surface area contributed by atoms with Crippen molar-refractivity contribution in [1.29, 1.82) is 0 Å². The molecule has 12 heavy (non-hydrogen) atoms. The zero-order valence-electron chi connectivity index (χ0n) is 8.43. The van der Waals surface area contributed by atoms with Crippen molar-refractivity contribution in [3.05, 3.63) is 0 Å². The average molecular weight is 175 g/mol. The molecule has 74 valence electrons. The molecule has 0 aliphatic heterocycles. The first-order valence-corrected chi connectivity index (χ1v) is 4.61. The molecule has 0 rings (SSSR count). The predicted molar refractivity (Wildman–Crippen MR) is 50.5 cm³/mol. The van der Waals surface area contributed by atoms with Gasteiger partial charge in [-0.15, -0.1) is 0 Å². The van der Waals surface area contributed by atoms with Gasteiger partial charge in [0.05, 0.1) is 6.61 Å². The fourth-order valence-corrected chi connectivity index (χ4v) is 0.919. The first kappa shape index (κ1) is 11.9. The van der Waals surface area contributed by atoms with Crippen LogP contribution in [0.4, 0.5) is 0 Å². The second kappa shape index (κ2) is 8.97. The van der Waals surface area contributed by atoms with Gasteiger partial charge in [0, 0.05) is 26.4 Å². The second-order valence-electron chi connectivity index (χ2n) is 2.86. The molecule has 0 heterocycles. The van der Waals surface area contributed by atoms with Gasteiger partial charge in [-0.3, -0.25) is 0 Å². The van der Waals surface area contributed by atoms with Gasteiger partial charge in [-0.05, 0) is 26.8 Å². The van der Waals surface area contributed by atoms with Crippen LogP contribution < -0.4 is 5.32 Å². The van der Waals surface area contributed by atoms with Crippen LogP contribution in [0.25, 0.3) is 0 Å². The fraction of sp³-hybridized carbons (Fsp3) is 1.00. The summed E-state index contributed by atoms with van der Waals surface area (Å²) < 4.78 is 10.2. The molecule has 0 fully saturated rings. The van der Waals surface area contributed by atoms with Crippen LogP contribution in [-0.2, 0) is 9.47 Å². The zero-order valence-corrected chi connectivity index (χ0v) is 8.43. The number of rotatable bonds is 8. The Labute approximate surface area is 75.4 Å². The third-order valence-electron chi connectivity index (χ3n) is 1.59. The van der Waals surface area contributed by atoms with E-state index in [1.54, 1.807) is 7.11 Å².